The molecular weight excluding hydrogens is 382 g/mol. The van der Waals surface area contributed by atoms with Gasteiger partial charge in [-0.2, -0.15) is 0 Å². The standard InChI is InChI=1S/C23H21N3O4/c1-26-18-10-5-2-7-14(18)22(28)21(23(26)29)19(27)13-17(20-11-6-12-30-20)25-16-9-4-3-8-15(16)24/h2-12,17,25,28H,13,24H2,1H3. The molecule has 0 fully saturated rings. The van der Waals surface area contributed by atoms with Crippen LogP contribution in [0.3, 0.4) is 0 Å². The number of fused-ring (bicyclic) bond motifs is 1. The number of nitrogens with one attached hydrogen (secondary N) is 1. The highest BCUT2D eigenvalue weighted by atomic mass is 16.3. The van der Waals surface area contributed by atoms with Gasteiger partial charge < -0.3 is 25.1 Å². The molecule has 7 heteroatoms. The Balaban J connectivity index is 1.73. The number of nitrogens with zero attached hydrogens (tertiary/aromatic N) is 1. The molecule has 0 bridgehead atoms. The summed E-state index contributed by atoms with van der Waals surface area (Å²) in [5.74, 6) is -0.290. The number of carbonyl (C=O) groups is 1. The van der Waals surface area contributed by atoms with Crippen LogP contribution in [0.4, 0.5) is 11.4 Å². The first-order valence-electron chi connectivity index (χ1n) is 9.45. The van der Waals surface area contributed by atoms with E-state index in [1.54, 1.807) is 55.6 Å². The zero-order chi connectivity index (χ0) is 21.3. The Hall–Kier alpha value is -4.00. The van der Waals surface area contributed by atoms with Crippen LogP contribution in [-0.4, -0.2) is 15.5 Å². The van der Waals surface area contributed by atoms with Crippen LogP contribution < -0.4 is 16.6 Å². The molecule has 0 aliphatic rings. The van der Waals surface area contributed by atoms with Crippen LogP contribution in [0.5, 0.6) is 5.75 Å². The summed E-state index contributed by atoms with van der Waals surface area (Å²) in [6.07, 6.45) is 1.40. The molecule has 0 aliphatic carbocycles. The van der Waals surface area contributed by atoms with Gasteiger partial charge >= 0.3 is 0 Å². The molecule has 4 N–H and O–H groups in total. The number of pyridine rings is 1. The zero-order valence-corrected chi connectivity index (χ0v) is 16.3. The molecule has 2 heterocycles. The highest BCUT2D eigenvalue weighted by Crippen LogP contribution is 2.31. The number of aromatic hydroxyl groups is 1. The van der Waals surface area contributed by atoms with Gasteiger partial charge in [0.1, 0.15) is 17.1 Å². The molecule has 0 saturated heterocycles. The van der Waals surface area contributed by atoms with E-state index in [0.29, 0.717) is 28.0 Å². The van der Waals surface area contributed by atoms with Gasteiger partial charge in [-0.1, -0.05) is 24.3 Å². The fraction of sp³-hybridized carbons (Fsp3) is 0.130. The summed E-state index contributed by atoms with van der Waals surface area (Å²) in [7, 11) is 1.58. The lowest BCUT2D eigenvalue weighted by Crippen LogP contribution is -2.26. The maximum Gasteiger partial charge on any atom is 0.265 e. The summed E-state index contributed by atoms with van der Waals surface area (Å²) in [6, 6.07) is 17.0. The molecule has 0 saturated carbocycles. The van der Waals surface area contributed by atoms with Crippen molar-refractivity contribution >= 4 is 28.1 Å². The number of furan rings is 1. The number of nitrogen functional groups attached to an aromatic ring is 1. The number of rotatable bonds is 6. The van der Waals surface area contributed by atoms with Crippen LogP contribution in [0.2, 0.25) is 0 Å². The van der Waals surface area contributed by atoms with Gasteiger partial charge in [0.15, 0.2) is 5.78 Å². The SMILES string of the molecule is Cn1c(=O)c(C(=O)CC(Nc2ccccc2N)c2ccco2)c(O)c2ccccc21. The lowest BCUT2D eigenvalue weighted by molar-refractivity contribution is 0.0969. The quantitative estimate of drug-likeness (QED) is 0.333. The monoisotopic (exact) mass is 403 g/mol. The van der Waals surface area contributed by atoms with Crippen molar-refractivity contribution in [2.75, 3.05) is 11.1 Å². The van der Waals surface area contributed by atoms with E-state index in [0.717, 1.165) is 0 Å². The van der Waals surface area contributed by atoms with E-state index in [4.69, 9.17) is 10.2 Å². The normalized spacial score (nSPS) is 12.0. The van der Waals surface area contributed by atoms with Gasteiger partial charge in [0.05, 0.1) is 29.2 Å². The number of aromatic nitrogens is 1. The fourth-order valence-corrected chi connectivity index (χ4v) is 3.55. The number of benzene rings is 2. The van der Waals surface area contributed by atoms with Gasteiger partial charge in [-0.15, -0.1) is 0 Å². The van der Waals surface area contributed by atoms with Crippen LogP contribution in [0.1, 0.15) is 28.6 Å². The average molecular weight is 403 g/mol. The first-order chi connectivity index (χ1) is 14.5. The summed E-state index contributed by atoms with van der Waals surface area (Å²) in [6.45, 7) is 0. The molecule has 4 rings (SSSR count). The van der Waals surface area contributed by atoms with Gasteiger partial charge in [0.2, 0.25) is 0 Å². The summed E-state index contributed by atoms with van der Waals surface area (Å²) >= 11 is 0. The minimum absolute atomic E-state index is 0.108. The van der Waals surface area contributed by atoms with Crippen LogP contribution in [0, 0.1) is 0 Å². The Morgan fingerprint density at radius 2 is 1.87 bits per heavy atom. The first-order valence-corrected chi connectivity index (χ1v) is 9.45. The summed E-state index contributed by atoms with van der Waals surface area (Å²) in [5, 5.41) is 14.4. The largest absolute Gasteiger partial charge is 0.506 e. The van der Waals surface area contributed by atoms with E-state index in [1.807, 2.05) is 12.1 Å². The number of Topliss-reactive ketones (excluding diaryl/α,β-unsaturated/α-hetero) is 1. The summed E-state index contributed by atoms with van der Waals surface area (Å²) in [5.41, 5.74) is 6.95. The second kappa shape index (κ2) is 7.79. The van der Waals surface area contributed by atoms with E-state index in [1.165, 1.54) is 10.8 Å². The minimum atomic E-state index is -0.576. The van der Waals surface area contributed by atoms with E-state index in [-0.39, 0.29) is 17.7 Å². The zero-order valence-electron chi connectivity index (χ0n) is 16.3. The molecule has 4 aromatic rings. The first kappa shape index (κ1) is 19.3. The Morgan fingerprint density at radius 3 is 2.60 bits per heavy atom. The molecule has 0 aliphatic heterocycles. The summed E-state index contributed by atoms with van der Waals surface area (Å²) < 4.78 is 6.87. The third kappa shape index (κ3) is 3.41. The second-order valence-corrected chi connectivity index (χ2v) is 7.03. The van der Waals surface area contributed by atoms with Crippen molar-refractivity contribution in [3.05, 3.63) is 88.6 Å². The number of hydrogen-bond acceptors (Lipinski definition) is 6. The Labute approximate surface area is 172 Å². The van der Waals surface area contributed by atoms with Gasteiger partial charge in [0, 0.05) is 18.9 Å². The Morgan fingerprint density at radius 1 is 1.13 bits per heavy atom. The number of para-hydroxylation sites is 3. The van der Waals surface area contributed by atoms with Crippen molar-refractivity contribution < 1.29 is 14.3 Å². The Kier molecular flexibility index (Phi) is 5.02. The van der Waals surface area contributed by atoms with Crippen molar-refractivity contribution in [3.8, 4) is 5.75 Å². The lowest BCUT2D eigenvalue weighted by Gasteiger charge is -2.19. The number of nitrogens with two attached hydrogens (primary N) is 1. The number of hydrogen-bond donors (Lipinski definition) is 3. The van der Waals surface area contributed by atoms with E-state index < -0.39 is 17.4 Å². The van der Waals surface area contributed by atoms with E-state index in [9.17, 15) is 14.7 Å². The smallest absolute Gasteiger partial charge is 0.265 e. The van der Waals surface area contributed by atoms with Gasteiger partial charge in [-0.25, -0.2) is 0 Å². The topological polar surface area (TPSA) is 110 Å². The second-order valence-electron chi connectivity index (χ2n) is 7.03. The van der Waals surface area contributed by atoms with Gasteiger partial charge in [-0.3, -0.25) is 9.59 Å². The highest BCUT2D eigenvalue weighted by molar-refractivity contribution is 6.03. The predicted octanol–water partition coefficient (Wildman–Crippen LogP) is 3.85. The van der Waals surface area contributed by atoms with Crippen LogP contribution in [0.25, 0.3) is 10.9 Å². The predicted molar refractivity (Wildman–Crippen MR) is 116 cm³/mol. The van der Waals surface area contributed by atoms with Crippen LogP contribution in [-0.2, 0) is 7.05 Å². The maximum atomic E-state index is 13.2. The van der Waals surface area contributed by atoms with Gasteiger partial charge in [-0.05, 0) is 36.4 Å². The molecule has 0 radical (unpaired) electrons. The fourth-order valence-electron chi connectivity index (χ4n) is 3.55. The molecule has 2 aromatic heterocycles. The maximum absolute atomic E-state index is 13.2. The Bertz CT molecular complexity index is 1280. The van der Waals surface area contributed by atoms with Crippen molar-refractivity contribution in [3.63, 3.8) is 0 Å². The minimum Gasteiger partial charge on any atom is -0.506 e. The third-order valence-corrected chi connectivity index (χ3v) is 5.12. The molecule has 2 aromatic carbocycles. The molecule has 1 atom stereocenters. The number of anilines is 2. The number of ketones is 1. The molecule has 30 heavy (non-hydrogen) atoms. The molecule has 152 valence electrons. The average Bonchev–Trinajstić information content (AvgIpc) is 3.28. The van der Waals surface area contributed by atoms with Crippen molar-refractivity contribution in [2.45, 2.75) is 12.5 Å². The molecular formula is C23H21N3O4. The third-order valence-electron chi connectivity index (χ3n) is 5.12. The highest BCUT2D eigenvalue weighted by Gasteiger charge is 2.26. The van der Waals surface area contributed by atoms with Crippen LogP contribution >= 0.6 is 0 Å². The molecule has 1 unspecified atom stereocenters. The van der Waals surface area contributed by atoms with Crippen molar-refractivity contribution in [1.29, 1.82) is 0 Å². The van der Waals surface area contributed by atoms with E-state index >= 15 is 0 Å². The summed E-state index contributed by atoms with van der Waals surface area (Å²) in [4.78, 5) is 26.0. The lowest BCUT2D eigenvalue weighted by atomic mass is 10.00. The molecule has 7 nitrogen and oxygen atoms in total. The number of carbonyl (C=O) groups excluding carboxylic acids is 1. The van der Waals surface area contributed by atoms with Gasteiger partial charge in [0.25, 0.3) is 5.56 Å². The van der Waals surface area contributed by atoms with Crippen molar-refractivity contribution in [2.24, 2.45) is 7.05 Å². The molecule has 0 amide bonds. The van der Waals surface area contributed by atoms with E-state index in [2.05, 4.69) is 5.32 Å². The number of aryl methyl sites for hydroxylation is 1. The van der Waals surface area contributed by atoms with Crippen LogP contribution in [0.15, 0.2) is 76.1 Å². The molecule has 0 spiro atoms. The van der Waals surface area contributed by atoms with Crippen molar-refractivity contribution in [1.82, 2.24) is 4.57 Å².